The van der Waals surface area contributed by atoms with Crippen LogP contribution < -0.4 is 4.74 Å². The summed E-state index contributed by atoms with van der Waals surface area (Å²) in [7, 11) is 0. The number of furan rings is 1. The van der Waals surface area contributed by atoms with Crippen molar-refractivity contribution >= 4 is 23.0 Å². The normalized spacial score (nSPS) is 12.3. The van der Waals surface area contributed by atoms with E-state index in [-0.39, 0.29) is 5.97 Å². The lowest BCUT2D eigenvalue weighted by molar-refractivity contribution is -0.156. The van der Waals surface area contributed by atoms with Crippen LogP contribution in [0.3, 0.4) is 0 Å². The van der Waals surface area contributed by atoms with Crippen LogP contribution in [0.4, 0.5) is 0 Å². The molecule has 1 atom stereocenters. The van der Waals surface area contributed by atoms with Crippen molar-refractivity contribution in [3.05, 3.63) is 72.0 Å². The number of rotatable bonds is 10. The van der Waals surface area contributed by atoms with E-state index in [9.17, 15) is 4.79 Å². The second-order valence-corrected chi connectivity index (χ2v) is 6.44. The lowest BCUT2D eigenvalue weighted by Crippen LogP contribution is -2.28. The molecule has 5 heteroatoms. The minimum Gasteiger partial charge on any atom is -0.490 e. The molecular weight excluding hydrogens is 368 g/mol. The Morgan fingerprint density at radius 1 is 1.07 bits per heavy atom. The number of carbonyl (C=O) groups excluding carboxylic acids is 1. The molecule has 0 bridgehead atoms. The molecular formula is C24H26O5. The minimum absolute atomic E-state index is 0.327. The first kappa shape index (κ1) is 20.7. The summed E-state index contributed by atoms with van der Waals surface area (Å²) in [4.78, 5) is 12.0. The third-order valence-electron chi connectivity index (χ3n) is 4.41. The summed E-state index contributed by atoms with van der Waals surface area (Å²) in [6.45, 7) is 4.90. The summed E-state index contributed by atoms with van der Waals surface area (Å²) >= 11 is 0. The number of benzene rings is 2. The fourth-order valence-corrected chi connectivity index (χ4v) is 3.05. The van der Waals surface area contributed by atoms with Crippen LogP contribution in [0.15, 0.2) is 65.3 Å². The summed E-state index contributed by atoms with van der Waals surface area (Å²) in [5.74, 6) is 0.435. The number of fused-ring (bicyclic) bond motifs is 1. The Morgan fingerprint density at radius 3 is 2.66 bits per heavy atom. The molecule has 0 fully saturated rings. The van der Waals surface area contributed by atoms with E-state index in [2.05, 4.69) is 0 Å². The van der Waals surface area contributed by atoms with Gasteiger partial charge in [0.15, 0.2) is 6.10 Å². The van der Waals surface area contributed by atoms with E-state index in [1.807, 2.05) is 67.6 Å². The monoisotopic (exact) mass is 394 g/mol. The molecule has 0 spiro atoms. The van der Waals surface area contributed by atoms with Gasteiger partial charge in [-0.3, -0.25) is 0 Å². The van der Waals surface area contributed by atoms with Gasteiger partial charge in [-0.1, -0.05) is 36.4 Å². The first-order chi connectivity index (χ1) is 14.2. The molecule has 0 aliphatic rings. The topological polar surface area (TPSA) is 57.9 Å². The molecule has 5 nitrogen and oxygen atoms in total. The van der Waals surface area contributed by atoms with Crippen molar-refractivity contribution < 1.29 is 23.4 Å². The van der Waals surface area contributed by atoms with E-state index in [0.717, 1.165) is 27.8 Å². The molecule has 0 aliphatic carbocycles. The zero-order valence-electron chi connectivity index (χ0n) is 16.8. The second-order valence-electron chi connectivity index (χ2n) is 6.44. The fraction of sp³-hybridized carbons (Fsp3) is 0.292. The second kappa shape index (κ2) is 10.5. The third kappa shape index (κ3) is 5.72. The molecule has 0 radical (unpaired) electrons. The highest BCUT2D eigenvalue weighted by Crippen LogP contribution is 2.21. The van der Waals surface area contributed by atoms with Crippen LogP contribution in [0.25, 0.3) is 17.0 Å². The first-order valence-electron chi connectivity index (χ1n) is 9.84. The van der Waals surface area contributed by atoms with Gasteiger partial charge in [-0.25, -0.2) is 4.79 Å². The van der Waals surface area contributed by atoms with Crippen LogP contribution in [0.2, 0.25) is 0 Å². The quantitative estimate of drug-likeness (QED) is 0.451. The number of carbonyl (C=O) groups is 1. The maximum Gasteiger partial charge on any atom is 0.335 e. The van der Waals surface area contributed by atoms with Gasteiger partial charge in [0.25, 0.3) is 0 Å². The Balaban J connectivity index is 1.53. The predicted octanol–water partition coefficient (Wildman–Crippen LogP) is 5.04. The van der Waals surface area contributed by atoms with Gasteiger partial charge in [-0.05, 0) is 43.7 Å². The molecule has 152 valence electrons. The predicted molar refractivity (Wildman–Crippen MR) is 113 cm³/mol. The van der Waals surface area contributed by atoms with Crippen molar-refractivity contribution in [3.8, 4) is 5.75 Å². The Morgan fingerprint density at radius 2 is 1.90 bits per heavy atom. The van der Waals surface area contributed by atoms with Crippen molar-refractivity contribution in [2.24, 2.45) is 0 Å². The molecule has 0 saturated heterocycles. The molecule has 1 heterocycles. The third-order valence-corrected chi connectivity index (χ3v) is 4.41. The molecule has 0 amide bonds. The zero-order chi connectivity index (χ0) is 20.5. The lowest BCUT2D eigenvalue weighted by Gasteiger charge is -2.15. The maximum atomic E-state index is 12.0. The van der Waals surface area contributed by atoms with Gasteiger partial charge in [0, 0.05) is 24.0 Å². The van der Waals surface area contributed by atoms with Crippen LogP contribution in [-0.2, 0) is 20.7 Å². The number of ether oxygens (including phenoxy) is 3. The number of para-hydroxylation sites is 1. The van der Waals surface area contributed by atoms with Gasteiger partial charge in [0.05, 0.1) is 12.9 Å². The molecule has 3 rings (SSSR count). The highest BCUT2D eigenvalue weighted by Gasteiger charge is 2.20. The Labute approximate surface area is 170 Å². The van der Waals surface area contributed by atoms with E-state index in [1.165, 1.54) is 0 Å². The van der Waals surface area contributed by atoms with Crippen LogP contribution in [-0.4, -0.2) is 31.9 Å². The van der Waals surface area contributed by atoms with Crippen molar-refractivity contribution in [1.82, 2.24) is 0 Å². The van der Waals surface area contributed by atoms with Crippen molar-refractivity contribution in [1.29, 1.82) is 0 Å². The molecule has 0 saturated carbocycles. The highest BCUT2D eigenvalue weighted by atomic mass is 16.6. The van der Waals surface area contributed by atoms with E-state index in [4.69, 9.17) is 18.6 Å². The van der Waals surface area contributed by atoms with Crippen LogP contribution in [0.1, 0.15) is 25.0 Å². The molecule has 2 aromatic carbocycles. The first-order valence-corrected chi connectivity index (χ1v) is 9.84. The maximum absolute atomic E-state index is 12.0. The summed E-state index contributed by atoms with van der Waals surface area (Å²) in [6, 6.07) is 15.6. The van der Waals surface area contributed by atoms with Gasteiger partial charge in [-0.15, -0.1) is 0 Å². The smallest absolute Gasteiger partial charge is 0.335 e. The SMILES string of the molecule is CCOC(=O)C(Cc1ccc(OC/C=C/c2cccc3ccoc23)cc1)OCC. The average Bonchev–Trinajstić information content (AvgIpc) is 3.22. The minimum atomic E-state index is -0.584. The van der Waals surface area contributed by atoms with Gasteiger partial charge in [0.1, 0.15) is 17.9 Å². The Hall–Kier alpha value is -3.05. The van der Waals surface area contributed by atoms with Gasteiger partial charge >= 0.3 is 5.97 Å². The summed E-state index contributed by atoms with van der Waals surface area (Å²) in [6.07, 6.45) is 5.53. The zero-order valence-corrected chi connectivity index (χ0v) is 16.8. The highest BCUT2D eigenvalue weighted by molar-refractivity contribution is 5.85. The van der Waals surface area contributed by atoms with Crippen LogP contribution in [0, 0.1) is 0 Å². The van der Waals surface area contributed by atoms with Gasteiger partial charge < -0.3 is 18.6 Å². The van der Waals surface area contributed by atoms with Crippen LogP contribution >= 0.6 is 0 Å². The van der Waals surface area contributed by atoms with Crippen molar-refractivity contribution in [3.63, 3.8) is 0 Å². The van der Waals surface area contributed by atoms with Crippen LogP contribution in [0.5, 0.6) is 5.75 Å². The molecule has 3 aromatic rings. The number of hydrogen-bond acceptors (Lipinski definition) is 5. The molecule has 29 heavy (non-hydrogen) atoms. The summed E-state index contributed by atoms with van der Waals surface area (Å²) in [5.41, 5.74) is 2.88. The largest absolute Gasteiger partial charge is 0.490 e. The van der Waals surface area contributed by atoms with E-state index < -0.39 is 6.10 Å². The lowest BCUT2D eigenvalue weighted by atomic mass is 10.1. The molecule has 0 N–H and O–H groups in total. The Kier molecular flexibility index (Phi) is 7.47. The number of esters is 1. The summed E-state index contributed by atoms with van der Waals surface area (Å²) in [5, 5.41) is 1.08. The molecule has 1 aromatic heterocycles. The molecule has 0 aliphatic heterocycles. The van der Waals surface area contributed by atoms with Gasteiger partial charge in [-0.2, -0.15) is 0 Å². The standard InChI is InChI=1S/C24H26O5/c1-3-26-22(24(25)27-4-2)17-18-10-12-21(13-11-18)28-15-6-9-19-7-5-8-20-14-16-29-23(19)20/h5-14,16,22H,3-4,15,17H2,1-2H3/b9-6+. The Bertz CT molecular complexity index is 939. The summed E-state index contributed by atoms with van der Waals surface area (Å²) < 4.78 is 21.9. The number of hydrogen-bond donors (Lipinski definition) is 0. The average molecular weight is 394 g/mol. The molecule has 1 unspecified atom stereocenters. The fourth-order valence-electron chi connectivity index (χ4n) is 3.05. The van der Waals surface area contributed by atoms with Gasteiger partial charge in [0.2, 0.25) is 0 Å². The van der Waals surface area contributed by atoms with Crippen molar-refractivity contribution in [2.75, 3.05) is 19.8 Å². The van der Waals surface area contributed by atoms with Crippen molar-refractivity contribution in [2.45, 2.75) is 26.4 Å². The van der Waals surface area contributed by atoms with E-state index in [1.54, 1.807) is 13.2 Å². The van der Waals surface area contributed by atoms with E-state index >= 15 is 0 Å². The van der Waals surface area contributed by atoms with E-state index in [0.29, 0.717) is 26.2 Å².